The molecule has 0 saturated carbocycles. The van der Waals surface area contributed by atoms with Crippen LogP contribution in [-0.4, -0.2) is 34.9 Å². The van der Waals surface area contributed by atoms with Crippen LogP contribution in [0.4, 0.5) is 0 Å². The fourth-order valence-electron chi connectivity index (χ4n) is 9.33. The van der Waals surface area contributed by atoms with Gasteiger partial charge in [-0.25, -0.2) is 0 Å². The highest BCUT2D eigenvalue weighted by Gasteiger charge is 2.18. The number of allylic oxidation sites excluding steroid dienone is 5. The number of rotatable bonds is 55. The van der Waals surface area contributed by atoms with E-state index in [1.54, 1.807) is 6.08 Å². The number of hydrogen-bond donors (Lipinski definition) is 3. The van der Waals surface area contributed by atoms with E-state index >= 15 is 0 Å². The van der Waals surface area contributed by atoms with Gasteiger partial charge in [0.1, 0.15) is 0 Å². The minimum atomic E-state index is -0.869. The number of aliphatic hydroxyl groups is 2. The molecular weight excluding hydrogens is 795 g/mol. The molecule has 0 aromatic heterocycles. The van der Waals surface area contributed by atoms with Crippen LogP contribution in [0.2, 0.25) is 0 Å². The molecule has 65 heavy (non-hydrogen) atoms. The predicted octanol–water partition coefficient (Wildman–Crippen LogP) is 19.6. The normalized spacial score (nSPS) is 13.0. The minimum Gasteiger partial charge on any atom is -0.394 e. The number of nitrogens with one attached hydrogen (secondary N) is 1. The quantitative estimate of drug-likeness (QED) is 0.0421. The highest BCUT2D eigenvalue weighted by Crippen LogP contribution is 2.18. The second kappa shape index (κ2) is 56.9. The number of carbonyl (C=O) groups excluding carboxylic acids is 1. The summed E-state index contributed by atoms with van der Waals surface area (Å²) in [7, 11) is 0. The largest absolute Gasteiger partial charge is 0.394 e. The Morgan fingerprint density at radius 1 is 0.354 bits per heavy atom. The summed E-state index contributed by atoms with van der Waals surface area (Å²) in [6.07, 6.45) is 77.6. The smallest absolute Gasteiger partial charge is 0.220 e. The molecule has 4 nitrogen and oxygen atoms in total. The van der Waals surface area contributed by atoms with Crippen LogP contribution in [-0.2, 0) is 4.79 Å². The fourth-order valence-corrected chi connectivity index (χ4v) is 9.33. The summed E-state index contributed by atoms with van der Waals surface area (Å²) in [5.74, 6) is -0.0712. The fraction of sp³-hybridized carbons (Fsp3) is 0.885. The van der Waals surface area contributed by atoms with Crippen molar-refractivity contribution in [2.75, 3.05) is 6.61 Å². The number of unbranched alkanes of at least 4 members (excludes halogenated alkanes) is 44. The van der Waals surface area contributed by atoms with Crippen molar-refractivity contribution < 1.29 is 15.0 Å². The summed E-state index contributed by atoms with van der Waals surface area (Å²) < 4.78 is 0. The Morgan fingerprint density at radius 2 is 0.600 bits per heavy atom. The lowest BCUT2D eigenvalue weighted by atomic mass is 10.0. The molecule has 0 aliphatic rings. The molecular formula is C61H117NO3. The molecule has 0 heterocycles. The van der Waals surface area contributed by atoms with Crippen molar-refractivity contribution in [1.29, 1.82) is 0 Å². The van der Waals surface area contributed by atoms with Crippen LogP contribution in [0.1, 0.15) is 328 Å². The van der Waals surface area contributed by atoms with E-state index in [0.29, 0.717) is 6.42 Å². The van der Waals surface area contributed by atoms with E-state index in [4.69, 9.17) is 0 Å². The number of carbonyl (C=O) groups is 1. The molecule has 0 fully saturated rings. The molecule has 0 rings (SSSR count). The summed E-state index contributed by atoms with van der Waals surface area (Å²) in [4.78, 5) is 12.5. The van der Waals surface area contributed by atoms with Crippen LogP contribution >= 0.6 is 0 Å². The van der Waals surface area contributed by atoms with Crippen LogP contribution in [0.5, 0.6) is 0 Å². The van der Waals surface area contributed by atoms with Crippen molar-refractivity contribution in [2.24, 2.45) is 0 Å². The van der Waals surface area contributed by atoms with E-state index in [0.717, 1.165) is 38.5 Å². The second-order valence-electron chi connectivity index (χ2n) is 20.4. The summed E-state index contributed by atoms with van der Waals surface area (Å²) in [6, 6.07) is -0.644. The molecule has 384 valence electrons. The van der Waals surface area contributed by atoms with Gasteiger partial charge >= 0.3 is 0 Å². The first-order valence-corrected chi connectivity index (χ1v) is 29.7. The van der Waals surface area contributed by atoms with Gasteiger partial charge < -0.3 is 15.5 Å². The summed E-state index contributed by atoms with van der Waals surface area (Å²) in [5, 5.41) is 23.2. The lowest BCUT2D eigenvalue weighted by molar-refractivity contribution is -0.123. The molecule has 4 heteroatoms. The van der Waals surface area contributed by atoms with Crippen molar-refractivity contribution in [3.05, 3.63) is 36.5 Å². The Bertz CT molecular complexity index is 989. The zero-order valence-corrected chi connectivity index (χ0v) is 44.3. The summed E-state index contributed by atoms with van der Waals surface area (Å²) in [5.41, 5.74) is 0. The van der Waals surface area contributed by atoms with E-state index in [2.05, 4.69) is 43.5 Å². The first-order valence-electron chi connectivity index (χ1n) is 29.7. The summed E-state index contributed by atoms with van der Waals surface area (Å²) in [6.45, 7) is 4.33. The third-order valence-corrected chi connectivity index (χ3v) is 13.9. The van der Waals surface area contributed by atoms with Gasteiger partial charge in [-0.05, 0) is 44.9 Å². The predicted molar refractivity (Wildman–Crippen MR) is 290 cm³/mol. The zero-order chi connectivity index (χ0) is 47.0. The Morgan fingerprint density at radius 3 is 0.892 bits per heavy atom. The Balaban J connectivity index is 3.50. The minimum absolute atomic E-state index is 0.0712. The van der Waals surface area contributed by atoms with Crippen molar-refractivity contribution in [3.63, 3.8) is 0 Å². The molecule has 0 bridgehead atoms. The molecule has 2 atom stereocenters. The van der Waals surface area contributed by atoms with Gasteiger partial charge in [-0.1, -0.05) is 314 Å². The average Bonchev–Trinajstić information content (AvgIpc) is 3.31. The molecule has 2 unspecified atom stereocenters. The van der Waals surface area contributed by atoms with Gasteiger partial charge in [0.2, 0.25) is 5.91 Å². The van der Waals surface area contributed by atoms with Gasteiger partial charge in [-0.2, -0.15) is 0 Å². The molecule has 0 aromatic rings. The van der Waals surface area contributed by atoms with Crippen molar-refractivity contribution in [3.8, 4) is 0 Å². The van der Waals surface area contributed by atoms with Gasteiger partial charge in [-0.15, -0.1) is 0 Å². The second-order valence-corrected chi connectivity index (χ2v) is 20.4. The van der Waals surface area contributed by atoms with E-state index in [1.165, 1.54) is 270 Å². The third kappa shape index (κ3) is 53.4. The number of hydrogen-bond acceptors (Lipinski definition) is 3. The van der Waals surface area contributed by atoms with Gasteiger partial charge in [0.05, 0.1) is 18.8 Å². The van der Waals surface area contributed by atoms with E-state index < -0.39 is 12.1 Å². The molecule has 0 aromatic carbocycles. The van der Waals surface area contributed by atoms with Gasteiger partial charge in [0.25, 0.3) is 0 Å². The SMILES string of the molecule is CCCCCCCCCCCCCCCC/C=C/CC/C=C/CC/C=C/C(O)C(CO)NC(=O)CCCCCCCCCCCCCCCCCCCCCCCCCCCCCCC. The lowest BCUT2D eigenvalue weighted by Crippen LogP contribution is -2.45. The van der Waals surface area contributed by atoms with Gasteiger partial charge in [0.15, 0.2) is 0 Å². The van der Waals surface area contributed by atoms with Crippen LogP contribution in [0.3, 0.4) is 0 Å². The standard InChI is InChI=1S/C61H117NO3/c1-3-5-7-9-11-13-15-17-19-21-23-25-27-29-30-31-32-33-35-37-39-41-43-45-47-49-51-53-55-57-61(65)62-59(58-63)60(64)56-54-52-50-48-46-44-42-40-38-36-34-28-26-24-22-20-18-16-14-12-10-8-6-4-2/h38,40,46,48,54,56,59-60,63-64H,3-37,39,41-45,47,49-53,55,57-58H2,1-2H3,(H,62,65)/b40-38+,48-46+,56-54+. The first kappa shape index (κ1) is 63.6. The molecule has 1 amide bonds. The third-order valence-electron chi connectivity index (χ3n) is 13.9. The van der Waals surface area contributed by atoms with E-state index in [-0.39, 0.29) is 12.5 Å². The highest BCUT2D eigenvalue weighted by molar-refractivity contribution is 5.76. The molecule has 0 spiro atoms. The lowest BCUT2D eigenvalue weighted by Gasteiger charge is -2.19. The topological polar surface area (TPSA) is 69.6 Å². The van der Waals surface area contributed by atoms with E-state index in [9.17, 15) is 15.0 Å². The van der Waals surface area contributed by atoms with E-state index in [1.807, 2.05) is 6.08 Å². The first-order chi connectivity index (χ1) is 32.2. The maximum absolute atomic E-state index is 12.5. The van der Waals surface area contributed by atoms with Crippen LogP contribution in [0.25, 0.3) is 0 Å². The van der Waals surface area contributed by atoms with Crippen molar-refractivity contribution in [2.45, 2.75) is 341 Å². The Labute approximate surface area is 408 Å². The Hall–Kier alpha value is -1.39. The summed E-state index contributed by atoms with van der Waals surface area (Å²) >= 11 is 0. The van der Waals surface area contributed by atoms with Crippen LogP contribution in [0, 0.1) is 0 Å². The van der Waals surface area contributed by atoms with Crippen molar-refractivity contribution >= 4 is 5.91 Å². The number of aliphatic hydroxyl groups excluding tert-OH is 2. The molecule has 3 N–H and O–H groups in total. The Kier molecular flexibility index (Phi) is 55.7. The van der Waals surface area contributed by atoms with Crippen LogP contribution in [0.15, 0.2) is 36.5 Å². The highest BCUT2D eigenvalue weighted by atomic mass is 16.3. The van der Waals surface area contributed by atoms with Gasteiger partial charge in [-0.3, -0.25) is 4.79 Å². The zero-order valence-electron chi connectivity index (χ0n) is 44.3. The maximum Gasteiger partial charge on any atom is 0.220 e. The average molecular weight is 913 g/mol. The molecule has 0 radical (unpaired) electrons. The van der Waals surface area contributed by atoms with Gasteiger partial charge in [0, 0.05) is 6.42 Å². The molecule has 0 saturated heterocycles. The number of amides is 1. The molecule has 0 aliphatic heterocycles. The molecule has 0 aliphatic carbocycles. The van der Waals surface area contributed by atoms with Crippen LogP contribution < -0.4 is 5.32 Å². The monoisotopic (exact) mass is 912 g/mol. The van der Waals surface area contributed by atoms with Crippen molar-refractivity contribution in [1.82, 2.24) is 5.32 Å². The maximum atomic E-state index is 12.5.